The van der Waals surface area contributed by atoms with Gasteiger partial charge in [0, 0.05) is 18.9 Å². The van der Waals surface area contributed by atoms with Crippen LogP contribution in [0.5, 0.6) is 0 Å². The Balaban J connectivity index is 1.34. The number of nitrogens with zero attached hydrogens (tertiary/aromatic N) is 5. The molecule has 1 unspecified atom stereocenters. The highest BCUT2D eigenvalue weighted by molar-refractivity contribution is 7.99. The average molecular weight is 411 g/mol. The van der Waals surface area contributed by atoms with Crippen LogP contribution in [0.25, 0.3) is 0 Å². The number of thioether (sulfide) groups is 1. The number of carbonyl (C=O) groups is 1. The number of hydrazone groups is 1. The molecule has 1 amide bonds. The largest absolute Gasteiger partial charge is 0.467 e. The van der Waals surface area contributed by atoms with Crippen LogP contribution in [0.2, 0.25) is 0 Å². The van der Waals surface area contributed by atoms with Gasteiger partial charge in [0.1, 0.15) is 29.1 Å². The molecule has 0 spiro atoms. The summed E-state index contributed by atoms with van der Waals surface area (Å²) in [5, 5.41) is 15.5. The maximum absolute atomic E-state index is 13.1. The van der Waals surface area contributed by atoms with Crippen molar-refractivity contribution in [3.63, 3.8) is 0 Å². The quantitative estimate of drug-likeness (QED) is 0.549. The van der Waals surface area contributed by atoms with Crippen LogP contribution in [0.4, 0.5) is 0 Å². The van der Waals surface area contributed by atoms with Crippen molar-refractivity contribution in [2.45, 2.75) is 49.8 Å². The monoisotopic (exact) mass is 411 g/mol. The topological polar surface area (TPSA) is 89.7 Å². The van der Waals surface area contributed by atoms with Crippen molar-refractivity contribution < 1.29 is 13.6 Å². The molecule has 1 aliphatic heterocycles. The third kappa shape index (κ3) is 3.50. The van der Waals surface area contributed by atoms with E-state index in [0.717, 1.165) is 23.2 Å². The van der Waals surface area contributed by atoms with E-state index in [9.17, 15) is 4.79 Å². The summed E-state index contributed by atoms with van der Waals surface area (Å²) in [4.78, 5) is 13.1. The second-order valence-electron chi connectivity index (χ2n) is 7.15. The van der Waals surface area contributed by atoms with Crippen LogP contribution in [0.15, 0.2) is 55.9 Å². The fraction of sp³-hybridized carbons (Fsp3) is 0.400. The van der Waals surface area contributed by atoms with Gasteiger partial charge in [-0.25, -0.2) is 5.01 Å². The van der Waals surface area contributed by atoms with Crippen LogP contribution in [0.1, 0.15) is 55.5 Å². The summed E-state index contributed by atoms with van der Waals surface area (Å²) in [5.74, 6) is 3.07. The molecule has 0 radical (unpaired) electrons. The van der Waals surface area contributed by atoms with Crippen LogP contribution in [0, 0.1) is 0 Å². The Bertz CT molecular complexity index is 1020. The van der Waals surface area contributed by atoms with Crippen LogP contribution < -0.4 is 0 Å². The Kier molecular flexibility index (Phi) is 4.75. The van der Waals surface area contributed by atoms with Crippen molar-refractivity contribution in [3.05, 3.63) is 54.1 Å². The molecule has 150 valence electrons. The summed E-state index contributed by atoms with van der Waals surface area (Å²) in [6.07, 6.45) is 6.11. The lowest BCUT2D eigenvalue weighted by molar-refractivity contribution is -0.130. The van der Waals surface area contributed by atoms with Gasteiger partial charge in [0.25, 0.3) is 5.91 Å². The molecule has 1 saturated carbocycles. The van der Waals surface area contributed by atoms with Crippen molar-refractivity contribution >= 4 is 23.4 Å². The summed E-state index contributed by atoms with van der Waals surface area (Å²) in [6.45, 7) is 2.88. The molecule has 9 heteroatoms. The lowest BCUT2D eigenvalue weighted by Gasteiger charge is -2.19. The van der Waals surface area contributed by atoms with Gasteiger partial charge in [0.15, 0.2) is 5.16 Å². The van der Waals surface area contributed by atoms with E-state index in [1.165, 1.54) is 29.6 Å². The molecule has 1 fully saturated rings. The molecule has 29 heavy (non-hydrogen) atoms. The van der Waals surface area contributed by atoms with E-state index in [-0.39, 0.29) is 17.7 Å². The van der Waals surface area contributed by atoms with E-state index >= 15 is 0 Å². The SMILES string of the molecule is CCn1c(SCC(=O)N2N=C(c3ccco3)CC2c2ccco2)nnc1C1CC1. The van der Waals surface area contributed by atoms with Crippen molar-refractivity contribution in [2.75, 3.05) is 5.75 Å². The summed E-state index contributed by atoms with van der Waals surface area (Å²) in [7, 11) is 0. The smallest absolute Gasteiger partial charge is 0.253 e. The molecule has 0 saturated heterocycles. The number of aromatic nitrogens is 3. The van der Waals surface area contributed by atoms with Gasteiger partial charge in [0.2, 0.25) is 0 Å². The van der Waals surface area contributed by atoms with E-state index in [1.807, 2.05) is 24.3 Å². The van der Waals surface area contributed by atoms with E-state index in [0.29, 0.717) is 23.9 Å². The Hall–Kier alpha value is -2.81. The van der Waals surface area contributed by atoms with Crippen LogP contribution in [-0.4, -0.2) is 37.1 Å². The number of hydrogen-bond acceptors (Lipinski definition) is 7. The predicted molar refractivity (Wildman–Crippen MR) is 107 cm³/mol. The van der Waals surface area contributed by atoms with Crippen LogP contribution >= 0.6 is 11.8 Å². The zero-order valence-corrected chi connectivity index (χ0v) is 16.8. The Labute approximate surface area is 172 Å². The highest BCUT2D eigenvalue weighted by Gasteiger charge is 2.36. The minimum absolute atomic E-state index is 0.100. The minimum Gasteiger partial charge on any atom is -0.467 e. The van der Waals surface area contributed by atoms with Gasteiger partial charge in [-0.05, 0) is 44.0 Å². The Morgan fingerprint density at radius 2 is 2.03 bits per heavy atom. The zero-order chi connectivity index (χ0) is 19.8. The van der Waals surface area contributed by atoms with Crippen molar-refractivity contribution in [1.29, 1.82) is 0 Å². The average Bonchev–Trinajstić information content (AvgIpc) is 3.23. The molecule has 3 aromatic heterocycles. The maximum Gasteiger partial charge on any atom is 0.253 e. The molecule has 8 nitrogen and oxygen atoms in total. The second kappa shape index (κ2) is 7.55. The molecule has 0 N–H and O–H groups in total. The highest BCUT2D eigenvalue weighted by atomic mass is 32.2. The fourth-order valence-electron chi connectivity index (χ4n) is 3.57. The summed E-state index contributed by atoms with van der Waals surface area (Å²) in [6, 6.07) is 7.08. The number of carbonyl (C=O) groups excluding carboxylic acids is 1. The first kappa shape index (κ1) is 18.2. The van der Waals surface area contributed by atoms with Gasteiger partial charge in [-0.15, -0.1) is 10.2 Å². The lowest BCUT2D eigenvalue weighted by atomic mass is 10.1. The molecule has 3 aromatic rings. The van der Waals surface area contributed by atoms with Gasteiger partial charge >= 0.3 is 0 Å². The Morgan fingerprint density at radius 1 is 1.21 bits per heavy atom. The first-order valence-electron chi connectivity index (χ1n) is 9.77. The van der Waals surface area contributed by atoms with Gasteiger partial charge in [0.05, 0.1) is 18.3 Å². The summed E-state index contributed by atoms with van der Waals surface area (Å²) >= 11 is 1.41. The van der Waals surface area contributed by atoms with Crippen molar-refractivity contribution in [3.8, 4) is 0 Å². The van der Waals surface area contributed by atoms with E-state index in [1.54, 1.807) is 12.5 Å². The number of rotatable bonds is 7. The standard InChI is InChI=1S/C20H21N5O3S/c1-2-24-19(13-7-8-13)21-22-20(24)29-12-18(26)25-15(17-6-4-10-28-17)11-14(23-25)16-5-3-9-27-16/h3-6,9-10,13,15H,2,7-8,11-12H2,1H3. The van der Waals surface area contributed by atoms with E-state index < -0.39 is 0 Å². The van der Waals surface area contributed by atoms with Crippen molar-refractivity contribution in [1.82, 2.24) is 19.8 Å². The fourth-order valence-corrected chi connectivity index (χ4v) is 4.44. The molecule has 2 aliphatic rings. The number of amides is 1. The first-order chi connectivity index (χ1) is 14.2. The predicted octanol–water partition coefficient (Wildman–Crippen LogP) is 3.83. The molecule has 0 bridgehead atoms. The van der Waals surface area contributed by atoms with Gasteiger partial charge in [-0.1, -0.05) is 11.8 Å². The highest BCUT2D eigenvalue weighted by Crippen LogP contribution is 2.40. The molecule has 1 atom stereocenters. The van der Waals surface area contributed by atoms with Gasteiger partial charge in [-0.2, -0.15) is 5.10 Å². The molecule has 4 heterocycles. The third-order valence-electron chi connectivity index (χ3n) is 5.17. The summed E-state index contributed by atoms with van der Waals surface area (Å²) in [5.41, 5.74) is 0.738. The third-order valence-corrected chi connectivity index (χ3v) is 6.12. The lowest BCUT2D eigenvalue weighted by Crippen LogP contribution is -2.28. The van der Waals surface area contributed by atoms with Gasteiger partial charge in [-0.3, -0.25) is 4.79 Å². The number of furan rings is 2. The molecular weight excluding hydrogens is 390 g/mol. The van der Waals surface area contributed by atoms with Crippen LogP contribution in [-0.2, 0) is 11.3 Å². The van der Waals surface area contributed by atoms with E-state index in [4.69, 9.17) is 8.83 Å². The minimum atomic E-state index is -0.274. The van der Waals surface area contributed by atoms with Gasteiger partial charge < -0.3 is 13.4 Å². The normalized spacial score (nSPS) is 19.0. The molecule has 1 aliphatic carbocycles. The van der Waals surface area contributed by atoms with Crippen molar-refractivity contribution in [2.24, 2.45) is 5.10 Å². The zero-order valence-electron chi connectivity index (χ0n) is 16.0. The first-order valence-corrected chi connectivity index (χ1v) is 10.8. The molecule has 5 rings (SSSR count). The maximum atomic E-state index is 13.1. The molecule has 0 aromatic carbocycles. The van der Waals surface area contributed by atoms with Crippen LogP contribution in [0.3, 0.4) is 0 Å². The molecular formula is C20H21N5O3S. The second-order valence-corrected chi connectivity index (χ2v) is 8.09. The Morgan fingerprint density at radius 3 is 2.72 bits per heavy atom. The number of hydrogen-bond donors (Lipinski definition) is 0. The summed E-state index contributed by atoms with van der Waals surface area (Å²) < 4.78 is 13.2. The van der Waals surface area contributed by atoms with E-state index in [2.05, 4.69) is 26.8 Å².